The van der Waals surface area contributed by atoms with Crippen molar-refractivity contribution < 1.29 is 37.0 Å². The molecule has 0 radical (unpaired) electrons. The highest BCUT2D eigenvalue weighted by Crippen LogP contribution is 2.35. The first-order chi connectivity index (χ1) is 6.17. The summed E-state index contributed by atoms with van der Waals surface area (Å²) in [6.45, 7) is 0.566. The van der Waals surface area contributed by atoms with Gasteiger partial charge >= 0.3 is 23.8 Å². The monoisotopic (exact) mass is 218 g/mol. The number of halogens is 4. The van der Waals surface area contributed by atoms with E-state index >= 15 is 0 Å². The van der Waals surface area contributed by atoms with Crippen molar-refractivity contribution in [1.82, 2.24) is 0 Å². The number of alkyl halides is 4. The lowest BCUT2D eigenvalue weighted by atomic mass is 10.2. The molecule has 0 aromatic rings. The molecule has 0 saturated carbocycles. The lowest BCUT2D eigenvalue weighted by Gasteiger charge is -2.20. The van der Waals surface area contributed by atoms with Crippen molar-refractivity contribution in [2.75, 3.05) is 6.61 Å². The van der Waals surface area contributed by atoms with Gasteiger partial charge < -0.3 is 9.84 Å². The average molecular weight is 218 g/mol. The van der Waals surface area contributed by atoms with Crippen LogP contribution in [0.4, 0.5) is 17.6 Å². The molecule has 0 aromatic heterocycles. The summed E-state index contributed by atoms with van der Waals surface area (Å²) >= 11 is 0. The minimum Gasteiger partial charge on any atom is -0.477 e. The Morgan fingerprint density at radius 2 is 1.64 bits per heavy atom. The van der Waals surface area contributed by atoms with E-state index in [1.807, 2.05) is 0 Å². The minimum atomic E-state index is -5.47. The van der Waals surface area contributed by atoms with Crippen molar-refractivity contribution in [3.8, 4) is 0 Å². The van der Waals surface area contributed by atoms with Gasteiger partial charge in [-0.2, -0.15) is 17.6 Å². The van der Waals surface area contributed by atoms with Crippen LogP contribution in [0.2, 0.25) is 0 Å². The van der Waals surface area contributed by atoms with Crippen molar-refractivity contribution in [3.63, 3.8) is 0 Å². The summed E-state index contributed by atoms with van der Waals surface area (Å²) < 4.78 is 53.0. The van der Waals surface area contributed by atoms with Gasteiger partial charge in [-0.3, -0.25) is 0 Å². The summed E-state index contributed by atoms with van der Waals surface area (Å²) in [7, 11) is 0. The van der Waals surface area contributed by atoms with Gasteiger partial charge in [0, 0.05) is 0 Å². The number of hydrogen-bond acceptors (Lipinski definition) is 3. The summed E-state index contributed by atoms with van der Waals surface area (Å²) in [5.74, 6) is -16.5. The number of carboxylic acid groups (broad SMARTS) is 1. The highest BCUT2D eigenvalue weighted by molar-refractivity contribution is 5.89. The Morgan fingerprint density at radius 1 is 1.21 bits per heavy atom. The topological polar surface area (TPSA) is 63.6 Å². The Morgan fingerprint density at radius 3 is 1.93 bits per heavy atom. The maximum absolute atomic E-state index is 12.4. The molecule has 1 N–H and O–H groups in total. The zero-order valence-corrected chi connectivity index (χ0v) is 6.89. The van der Waals surface area contributed by atoms with E-state index in [-0.39, 0.29) is 0 Å². The predicted molar refractivity (Wildman–Crippen MR) is 34.2 cm³/mol. The van der Waals surface area contributed by atoms with Crippen molar-refractivity contribution >= 4 is 11.9 Å². The number of rotatable bonds is 4. The first kappa shape index (κ1) is 12.7. The molecule has 0 amide bonds. The fourth-order valence-electron chi connectivity index (χ4n) is 0.484. The SMILES string of the molecule is CCOC(=O)C(F)(F)C(F)(F)C(=O)O. The Balaban J connectivity index is 4.94. The molecule has 0 bridgehead atoms. The number of aliphatic carboxylic acids is 1. The fraction of sp³-hybridized carbons (Fsp3) is 0.667. The van der Waals surface area contributed by atoms with E-state index < -0.39 is 30.4 Å². The van der Waals surface area contributed by atoms with E-state index in [4.69, 9.17) is 5.11 Å². The maximum atomic E-state index is 12.4. The second kappa shape index (κ2) is 3.81. The van der Waals surface area contributed by atoms with Crippen molar-refractivity contribution in [2.45, 2.75) is 18.8 Å². The zero-order valence-electron chi connectivity index (χ0n) is 6.89. The van der Waals surface area contributed by atoms with Gasteiger partial charge in [-0.15, -0.1) is 0 Å². The molecule has 0 aliphatic heterocycles. The molecule has 0 atom stereocenters. The molecular formula is C6H6F4O4. The number of carbonyl (C=O) groups is 2. The van der Waals surface area contributed by atoms with Gasteiger partial charge in [0.1, 0.15) is 0 Å². The second-order valence-corrected chi connectivity index (χ2v) is 2.17. The van der Waals surface area contributed by atoms with Gasteiger partial charge in [0.25, 0.3) is 0 Å². The first-order valence-electron chi connectivity index (χ1n) is 3.34. The molecule has 0 spiro atoms. The fourth-order valence-corrected chi connectivity index (χ4v) is 0.484. The third-order valence-electron chi connectivity index (χ3n) is 1.19. The Bertz CT molecular complexity index is 250. The van der Waals surface area contributed by atoms with E-state index in [0.717, 1.165) is 6.92 Å². The molecule has 0 aliphatic rings. The Hall–Kier alpha value is -1.34. The summed E-state index contributed by atoms with van der Waals surface area (Å²) in [6, 6.07) is 0. The predicted octanol–water partition coefficient (Wildman–Crippen LogP) is 0.905. The molecule has 0 fully saturated rings. The molecule has 4 nitrogen and oxygen atoms in total. The van der Waals surface area contributed by atoms with E-state index in [2.05, 4.69) is 4.74 Å². The molecule has 0 rings (SSSR count). The molecule has 0 aromatic carbocycles. The van der Waals surface area contributed by atoms with Crippen LogP contribution >= 0.6 is 0 Å². The van der Waals surface area contributed by atoms with Crippen LogP contribution in [0.15, 0.2) is 0 Å². The smallest absolute Gasteiger partial charge is 0.415 e. The van der Waals surface area contributed by atoms with Crippen LogP contribution in [0.5, 0.6) is 0 Å². The van der Waals surface area contributed by atoms with Crippen molar-refractivity contribution in [1.29, 1.82) is 0 Å². The summed E-state index contributed by atoms with van der Waals surface area (Å²) in [6.07, 6.45) is 0. The van der Waals surface area contributed by atoms with Crippen molar-refractivity contribution in [3.05, 3.63) is 0 Å². The lowest BCUT2D eigenvalue weighted by Crippen LogP contribution is -2.53. The van der Waals surface area contributed by atoms with E-state index in [1.54, 1.807) is 0 Å². The molecular weight excluding hydrogens is 212 g/mol. The number of carboxylic acids is 1. The molecule has 0 saturated heterocycles. The number of carbonyl (C=O) groups excluding carboxylic acids is 1. The molecule has 0 aliphatic carbocycles. The normalized spacial score (nSPS) is 12.4. The van der Waals surface area contributed by atoms with Gasteiger partial charge in [-0.1, -0.05) is 0 Å². The summed E-state index contributed by atoms with van der Waals surface area (Å²) in [5, 5.41) is 7.76. The van der Waals surface area contributed by atoms with Crippen LogP contribution < -0.4 is 0 Å². The largest absolute Gasteiger partial charge is 0.477 e. The zero-order chi connectivity index (χ0) is 11.6. The quantitative estimate of drug-likeness (QED) is 0.562. The van der Waals surface area contributed by atoms with E-state index in [0.29, 0.717) is 0 Å². The van der Waals surface area contributed by atoms with Gasteiger partial charge in [0.15, 0.2) is 0 Å². The second-order valence-electron chi connectivity index (χ2n) is 2.17. The lowest BCUT2D eigenvalue weighted by molar-refractivity contribution is -0.234. The molecule has 14 heavy (non-hydrogen) atoms. The van der Waals surface area contributed by atoms with Gasteiger partial charge in [0.05, 0.1) is 6.61 Å². The third kappa shape index (κ3) is 1.94. The van der Waals surface area contributed by atoms with Crippen LogP contribution in [0.3, 0.4) is 0 Å². The van der Waals surface area contributed by atoms with Crippen LogP contribution in [-0.2, 0) is 14.3 Å². The highest BCUT2D eigenvalue weighted by Gasteiger charge is 2.68. The van der Waals surface area contributed by atoms with Crippen LogP contribution in [-0.4, -0.2) is 35.5 Å². The summed E-state index contributed by atoms with van der Waals surface area (Å²) in [5.41, 5.74) is 0. The van der Waals surface area contributed by atoms with Crippen LogP contribution in [0, 0.1) is 0 Å². The molecule has 0 heterocycles. The minimum absolute atomic E-state index is 0.551. The Labute approximate surface area is 75.5 Å². The molecule has 0 unspecified atom stereocenters. The average Bonchev–Trinajstić information content (AvgIpc) is 2.04. The van der Waals surface area contributed by atoms with E-state index in [9.17, 15) is 27.2 Å². The molecule has 8 heteroatoms. The van der Waals surface area contributed by atoms with E-state index in [1.165, 1.54) is 0 Å². The van der Waals surface area contributed by atoms with Crippen LogP contribution in [0.25, 0.3) is 0 Å². The van der Waals surface area contributed by atoms with Gasteiger partial charge in [0.2, 0.25) is 0 Å². The number of hydrogen-bond donors (Lipinski definition) is 1. The third-order valence-corrected chi connectivity index (χ3v) is 1.19. The number of ether oxygens (including phenoxy) is 1. The standard InChI is InChI=1S/C6H6F4O4/c1-2-14-4(13)6(9,10)5(7,8)3(11)12/h2H2,1H3,(H,11,12). The maximum Gasteiger partial charge on any atom is 0.415 e. The van der Waals surface area contributed by atoms with Gasteiger partial charge in [-0.05, 0) is 6.92 Å². The number of esters is 1. The highest BCUT2D eigenvalue weighted by atomic mass is 19.3. The van der Waals surface area contributed by atoms with Gasteiger partial charge in [-0.25, -0.2) is 9.59 Å². The first-order valence-corrected chi connectivity index (χ1v) is 3.34. The summed E-state index contributed by atoms with van der Waals surface area (Å²) in [4.78, 5) is 20.0. The van der Waals surface area contributed by atoms with Crippen molar-refractivity contribution in [2.24, 2.45) is 0 Å². The Kier molecular flexibility index (Phi) is 3.44. The van der Waals surface area contributed by atoms with Crippen LogP contribution in [0.1, 0.15) is 6.92 Å². The molecule has 82 valence electrons.